The van der Waals surface area contributed by atoms with Crippen molar-refractivity contribution >= 4 is 29.6 Å². The monoisotopic (exact) mass is 289 g/mol. The predicted octanol–water partition coefficient (Wildman–Crippen LogP) is 3.46. The molecule has 0 spiro atoms. The number of aromatic nitrogens is 1. The lowest BCUT2D eigenvalue weighted by Crippen LogP contribution is -1.76. The van der Waals surface area contributed by atoms with Crippen LogP contribution in [0.4, 0.5) is 0 Å². The molecule has 1 aromatic carbocycles. The van der Waals surface area contributed by atoms with Crippen LogP contribution in [-0.4, -0.2) is 13.4 Å². The van der Waals surface area contributed by atoms with Gasteiger partial charge in [-0.15, -0.1) is 0 Å². The first-order chi connectivity index (χ1) is 7.97. The Morgan fingerprint density at radius 1 is 0.882 bits per heavy atom. The molecule has 0 radical (unpaired) electrons. The number of benzene rings is 1. The molecule has 1 aromatic heterocycles. The Kier molecular flexibility index (Phi) is 5.41. The van der Waals surface area contributed by atoms with Crippen LogP contribution in [0, 0.1) is 0 Å². The second-order valence-electron chi connectivity index (χ2n) is 2.99. The molecule has 2 rings (SSSR count). The molecule has 0 bridgehead atoms. The third kappa shape index (κ3) is 6.94. The maximum atomic E-state index is 9.16. The summed E-state index contributed by atoms with van der Waals surface area (Å²) in [5, 5.41) is 0. The van der Waals surface area contributed by atoms with Crippen LogP contribution in [-0.2, 0) is 8.26 Å². The minimum Gasteiger partial charge on any atom is -0.264 e. The summed E-state index contributed by atoms with van der Waals surface area (Å²) in [4.78, 5) is 4.06. The van der Waals surface area contributed by atoms with E-state index in [0.717, 1.165) is 5.56 Å². The Balaban J connectivity index is 0.000000249. The summed E-state index contributed by atoms with van der Waals surface area (Å²) < 4.78 is 18.3. The fourth-order valence-corrected chi connectivity index (χ4v) is 1.16. The molecule has 3 nitrogen and oxygen atoms in total. The van der Waals surface area contributed by atoms with Gasteiger partial charge < -0.3 is 0 Å². The molecule has 0 aliphatic carbocycles. The lowest BCUT2D eigenvalue weighted by Gasteiger charge is -1.97. The largest absolute Gasteiger partial charge is 0.317 e. The van der Waals surface area contributed by atoms with E-state index in [0.29, 0.717) is 0 Å². The van der Waals surface area contributed by atoms with Crippen LogP contribution >= 0.6 is 21.4 Å². The van der Waals surface area contributed by atoms with Crippen molar-refractivity contribution in [3.05, 3.63) is 54.9 Å². The number of hydrogen-bond donors (Lipinski definition) is 0. The smallest absolute Gasteiger partial charge is 0.264 e. The van der Waals surface area contributed by atoms with Gasteiger partial charge in [0.1, 0.15) is 0 Å². The minimum atomic E-state index is -3.72. The van der Waals surface area contributed by atoms with Gasteiger partial charge in [0.25, 0.3) is 0 Å². The second kappa shape index (κ2) is 6.59. The number of halogens is 2. The van der Waals surface area contributed by atoms with Gasteiger partial charge in [-0.05, 0) is 17.2 Å². The van der Waals surface area contributed by atoms with Crippen LogP contribution in [0.15, 0.2) is 54.9 Å². The molecule has 0 aliphatic rings. The summed E-state index contributed by atoms with van der Waals surface area (Å²) >= 11 is 0. The molecular formula is C11H9Cl2NO2S. The Labute approximate surface area is 109 Å². The third-order valence-electron chi connectivity index (χ3n) is 1.77. The van der Waals surface area contributed by atoms with Crippen molar-refractivity contribution < 1.29 is 8.42 Å². The highest BCUT2D eigenvalue weighted by atomic mass is 36.0. The van der Waals surface area contributed by atoms with Crippen molar-refractivity contribution in [2.45, 2.75) is 0 Å². The Morgan fingerprint density at radius 3 is 1.88 bits per heavy atom. The van der Waals surface area contributed by atoms with E-state index in [1.807, 2.05) is 30.5 Å². The summed E-state index contributed by atoms with van der Waals surface area (Å²) in [5.74, 6) is 0. The van der Waals surface area contributed by atoms with Crippen LogP contribution in [0.25, 0.3) is 11.1 Å². The summed E-state index contributed by atoms with van der Waals surface area (Å²) in [6.07, 6.45) is 3.65. The Bertz CT molecular complexity index is 499. The van der Waals surface area contributed by atoms with Crippen molar-refractivity contribution in [2.75, 3.05) is 0 Å². The first-order valence-corrected chi connectivity index (χ1v) is 7.70. The molecule has 1 heterocycles. The third-order valence-corrected chi connectivity index (χ3v) is 1.77. The van der Waals surface area contributed by atoms with E-state index in [1.54, 1.807) is 6.20 Å². The van der Waals surface area contributed by atoms with E-state index in [9.17, 15) is 0 Å². The fraction of sp³-hybridized carbons (Fsp3) is 0. The van der Waals surface area contributed by atoms with Crippen LogP contribution in [0.3, 0.4) is 0 Å². The van der Waals surface area contributed by atoms with Crippen molar-refractivity contribution in [1.82, 2.24) is 4.98 Å². The maximum absolute atomic E-state index is 9.16. The second-order valence-corrected chi connectivity index (χ2v) is 6.65. The molecule has 0 atom stereocenters. The molecule has 17 heavy (non-hydrogen) atoms. The molecule has 0 unspecified atom stereocenters. The zero-order valence-electron chi connectivity index (χ0n) is 8.62. The summed E-state index contributed by atoms with van der Waals surface area (Å²) in [7, 11) is 4.81. The van der Waals surface area contributed by atoms with Crippen LogP contribution in [0.5, 0.6) is 0 Å². The topological polar surface area (TPSA) is 47.0 Å². The highest BCUT2D eigenvalue weighted by molar-refractivity contribution is 8.31. The van der Waals surface area contributed by atoms with Gasteiger partial charge in [-0.3, -0.25) is 4.98 Å². The lowest BCUT2D eigenvalue weighted by molar-refractivity contribution is 0.621. The maximum Gasteiger partial charge on any atom is 0.317 e. The average Bonchev–Trinajstić information content (AvgIpc) is 2.29. The minimum absolute atomic E-state index is 1.16. The van der Waals surface area contributed by atoms with E-state index >= 15 is 0 Å². The predicted molar refractivity (Wildman–Crippen MR) is 70.3 cm³/mol. The molecule has 0 amide bonds. The number of nitrogens with zero attached hydrogens (tertiary/aromatic N) is 1. The van der Waals surface area contributed by atoms with Crippen LogP contribution < -0.4 is 0 Å². The van der Waals surface area contributed by atoms with Gasteiger partial charge in [-0.2, -0.15) is 8.42 Å². The summed E-state index contributed by atoms with van der Waals surface area (Å²) in [6, 6.07) is 14.2. The van der Waals surface area contributed by atoms with Crippen molar-refractivity contribution in [3.8, 4) is 11.1 Å². The standard InChI is InChI=1S/C11H9N.Cl2O2S/c1-2-5-10(6-3-1)11-7-4-8-12-9-11;1-5(2,3)4/h1-9H;. The van der Waals surface area contributed by atoms with E-state index in [1.165, 1.54) is 5.56 Å². The molecule has 6 heteroatoms. The summed E-state index contributed by atoms with van der Waals surface area (Å²) in [5.41, 5.74) is 2.38. The highest BCUT2D eigenvalue weighted by Crippen LogP contribution is 2.16. The zero-order valence-corrected chi connectivity index (χ0v) is 11.0. The van der Waals surface area contributed by atoms with E-state index < -0.39 is 8.26 Å². The Morgan fingerprint density at radius 2 is 1.41 bits per heavy atom. The lowest BCUT2D eigenvalue weighted by atomic mass is 10.1. The van der Waals surface area contributed by atoms with Crippen LogP contribution in [0.1, 0.15) is 0 Å². The highest BCUT2D eigenvalue weighted by Gasteiger charge is 1.92. The van der Waals surface area contributed by atoms with Crippen molar-refractivity contribution in [3.63, 3.8) is 0 Å². The number of pyridine rings is 1. The number of hydrogen-bond acceptors (Lipinski definition) is 3. The SMILES string of the molecule is O=S(=O)(Cl)Cl.c1ccc(-c2cccnc2)cc1. The first kappa shape index (κ1) is 14.0. The van der Waals surface area contributed by atoms with Gasteiger partial charge in [-0.1, -0.05) is 36.4 Å². The molecular weight excluding hydrogens is 281 g/mol. The Hall–Kier alpha value is -1.10. The van der Waals surface area contributed by atoms with Gasteiger partial charge in [0.15, 0.2) is 0 Å². The molecule has 0 aliphatic heterocycles. The number of rotatable bonds is 1. The van der Waals surface area contributed by atoms with Crippen molar-refractivity contribution in [1.29, 1.82) is 0 Å². The van der Waals surface area contributed by atoms with Crippen molar-refractivity contribution in [2.24, 2.45) is 0 Å². The van der Waals surface area contributed by atoms with Gasteiger partial charge in [0.2, 0.25) is 0 Å². The fourth-order valence-electron chi connectivity index (χ4n) is 1.16. The van der Waals surface area contributed by atoms with Crippen LogP contribution in [0.2, 0.25) is 0 Å². The molecule has 0 saturated heterocycles. The average molecular weight is 290 g/mol. The normalized spacial score (nSPS) is 10.2. The molecule has 0 fully saturated rings. The van der Waals surface area contributed by atoms with E-state index in [2.05, 4.69) is 44.5 Å². The summed E-state index contributed by atoms with van der Waals surface area (Å²) in [6.45, 7) is 0. The quantitative estimate of drug-likeness (QED) is 0.756. The molecule has 2 aromatic rings. The van der Waals surface area contributed by atoms with Gasteiger partial charge in [0, 0.05) is 33.8 Å². The molecule has 0 N–H and O–H groups in total. The molecule has 90 valence electrons. The van der Waals surface area contributed by atoms with Gasteiger partial charge >= 0.3 is 8.26 Å². The van der Waals surface area contributed by atoms with E-state index in [4.69, 9.17) is 8.42 Å². The first-order valence-electron chi connectivity index (χ1n) is 4.56. The van der Waals surface area contributed by atoms with Gasteiger partial charge in [0.05, 0.1) is 0 Å². The van der Waals surface area contributed by atoms with E-state index in [-0.39, 0.29) is 0 Å². The zero-order chi connectivity index (χ0) is 12.7. The molecule has 0 saturated carbocycles. The van der Waals surface area contributed by atoms with Gasteiger partial charge in [-0.25, -0.2) is 0 Å².